The van der Waals surface area contributed by atoms with Crippen molar-refractivity contribution in [1.82, 2.24) is 0 Å². The van der Waals surface area contributed by atoms with Crippen LogP contribution < -0.4 is 11.2 Å². The van der Waals surface area contributed by atoms with E-state index in [1.54, 1.807) is 0 Å². The van der Waals surface area contributed by atoms with Crippen LogP contribution in [0, 0.1) is 0 Å². The number of primary amides is 1. The Morgan fingerprint density at radius 3 is 2.25 bits per heavy atom. The molecule has 0 bridgehead atoms. The fourth-order valence-corrected chi connectivity index (χ4v) is 1.18. The van der Waals surface area contributed by atoms with Gasteiger partial charge in [-0.1, -0.05) is 0 Å². The summed E-state index contributed by atoms with van der Waals surface area (Å²) in [6.45, 7) is 0. The van der Waals surface area contributed by atoms with Gasteiger partial charge in [0.25, 0.3) is 0 Å². The maximum atomic E-state index is 12.3. The molecule has 86 valence electrons. The Hall–Kier alpha value is -1.54. The highest BCUT2D eigenvalue weighted by Crippen LogP contribution is 2.28. The summed E-state index contributed by atoms with van der Waals surface area (Å²) in [5.74, 6) is -1.03. The molecule has 0 atom stereocenters. The van der Waals surface area contributed by atoms with E-state index in [-0.39, 0.29) is 5.56 Å². The van der Waals surface area contributed by atoms with E-state index in [9.17, 15) is 18.0 Å². The van der Waals surface area contributed by atoms with Crippen LogP contribution in [0.3, 0.4) is 0 Å². The number of hydrogen-bond donors (Lipinski definition) is 3. The summed E-state index contributed by atoms with van der Waals surface area (Å²) in [6.07, 6.45) is -4.63. The van der Waals surface area contributed by atoms with Gasteiger partial charge in [0.1, 0.15) is 0 Å². The molecule has 0 heterocycles. The Morgan fingerprint density at radius 1 is 1.31 bits per heavy atom. The van der Waals surface area contributed by atoms with Gasteiger partial charge < -0.3 is 15.8 Å². The molecule has 0 aliphatic carbocycles. The Kier molecular flexibility index (Phi) is 3.25. The van der Waals surface area contributed by atoms with E-state index in [2.05, 4.69) is 0 Å². The van der Waals surface area contributed by atoms with Crippen LogP contribution in [0.2, 0.25) is 0 Å². The Balaban J connectivity index is 3.34. The van der Waals surface area contributed by atoms with Crippen molar-refractivity contribution in [2.75, 3.05) is 0 Å². The number of carbonyl (C=O) groups excluding carboxylic acids is 1. The maximum Gasteiger partial charge on any atom is 0.489 e. The summed E-state index contributed by atoms with van der Waals surface area (Å²) in [7, 11) is -2.19. The zero-order valence-corrected chi connectivity index (χ0v) is 7.82. The molecule has 0 aliphatic rings. The lowest BCUT2D eigenvalue weighted by molar-refractivity contribution is -0.137. The van der Waals surface area contributed by atoms with Crippen LogP contribution in [0.15, 0.2) is 18.2 Å². The van der Waals surface area contributed by atoms with E-state index in [0.29, 0.717) is 12.1 Å². The first-order valence-corrected chi connectivity index (χ1v) is 4.10. The monoisotopic (exact) mass is 233 g/mol. The minimum Gasteiger partial charge on any atom is -0.423 e. The van der Waals surface area contributed by atoms with Gasteiger partial charge >= 0.3 is 13.3 Å². The van der Waals surface area contributed by atoms with Crippen LogP contribution >= 0.6 is 0 Å². The minimum atomic E-state index is -4.63. The quantitative estimate of drug-likeness (QED) is 0.601. The summed E-state index contributed by atoms with van der Waals surface area (Å²) in [6, 6.07) is 1.93. The highest BCUT2D eigenvalue weighted by molar-refractivity contribution is 6.60. The first-order valence-electron chi connectivity index (χ1n) is 4.10. The molecule has 1 amide bonds. The molecule has 0 spiro atoms. The third kappa shape index (κ3) is 2.53. The van der Waals surface area contributed by atoms with Crippen molar-refractivity contribution in [2.45, 2.75) is 6.18 Å². The second kappa shape index (κ2) is 4.15. The molecule has 1 aromatic carbocycles. The molecule has 16 heavy (non-hydrogen) atoms. The average Bonchev–Trinajstić information content (AvgIpc) is 2.15. The molecule has 0 saturated carbocycles. The largest absolute Gasteiger partial charge is 0.489 e. The van der Waals surface area contributed by atoms with Crippen LogP contribution in [0.25, 0.3) is 0 Å². The second-order valence-electron chi connectivity index (χ2n) is 3.04. The first kappa shape index (κ1) is 12.5. The number of carbonyl (C=O) groups is 1. The summed E-state index contributed by atoms with van der Waals surface area (Å²) < 4.78 is 36.9. The molecule has 1 aromatic rings. The minimum absolute atomic E-state index is 0.358. The van der Waals surface area contributed by atoms with E-state index in [0.717, 1.165) is 6.07 Å². The predicted octanol–water partition coefficient (Wildman–Crippen LogP) is -0.516. The molecule has 0 unspecified atom stereocenters. The van der Waals surface area contributed by atoms with E-state index < -0.39 is 30.2 Å². The summed E-state index contributed by atoms with van der Waals surface area (Å²) in [5.41, 5.74) is 2.86. The Labute approximate surface area is 88.6 Å². The smallest absolute Gasteiger partial charge is 0.423 e. The van der Waals surface area contributed by atoms with Crippen molar-refractivity contribution >= 4 is 18.5 Å². The number of hydrogen-bond acceptors (Lipinski definition) is 3. The topological polar surface area (TPSA) is 83.6 Å². The van der Waals surface area contributed by atoms with Gasteiger partial charge in [0, 0.05) is 5.56 Å². The van der Waals surface area contributed by atoms with Gasteiger partial charge in [-0.3, -0.25) is 4.79 Å². The molecule has 0 fully saturated rings. The van der Waals surface area contributed by atoms with Gasteiger partial charge in [-0.05, 0) is 23.7 Å². The van der Waals surface area contributed by atoms with E-state index >= 15 is 0 Å². The molecule has 4 nitrogen and oxygen atoms in total. The van der Waals surface area contributed by atoms with Gasteiger partial charge in [0.15, 0.2) is 0 Å². The number of benzene rings is 1. The third-order valence-electron chi connectivity index (χ3n) is 1.92. The molecular formula is C8H7BF3NO3. The summed E-state index contributed by atoms with van der Waals surface area (Å²) >= 11 is 0. The lowest BCUT2D eigenvalue weighted by Crippen LogP contribution is -2.37. The van der Waals surface area contributed by atoms with Crippen molar-refractivity contribution in [3.8, 4) is 0 Å². The Bertz CT molecular complexity index is 419. The number of rotatable bonds is 2. The van der Waals surface area contributed by atoms with Crippen LogP contribution in [0.4, 0.5) is 13.2 Å². The van der Waals surface area contributed by atoms with Crippen molar-refractivity contribution in [3.63, 3.8) is 0 Å². The van der Waals surface area contributed by atoms with Crippen molar-refractivity contribution in [1.29, 1.82) is 0 Å². The SMILES string of the molecule is NC(=O)c1ccc(C(F)(F)F)cc1B(O)O. The van der Waals surface area contributed by atoms with Crippen molar-refractivity contribution in [2.24, 2.45) is 5.73 Å². The fourth-order valence-electron chi connectivity index (χ4n) is 1.18. The standard InChI is InChI=1S/C8H7BF3NO3/c10-8(11,12)4-1-2-5(7(13)14)6(3-4)9(15)16/h1-3,15-16H,(H2,13,14). The number of alkyl halides is 3. The molecule has 0 radical (unpaired) electrons. The molecular weight excluding hydrogens is 226 g/mol. The van der Waals surface area contributed by atoms with E-state index in [1.165, 1.54) is 0 Å². The van der Waals surface area contributed by atoms with E-state index in [1.807, 2.05) is 0 Å². The molecule has 8 heteroatoms. The number of halogens is 3. The highest BCUT2D eigenvalue weighted by Gasteiger charge is 2.32. The lowest BCUT2D eigenvalue weighted by Gasteiger charge is -2.11. The van der Waals surface area contributed by atoms with Crippen LogP contribution in [-0.2, 0) is 6.18 Å². The lowest BCUT2D eigenvalue weighted by atomic mass is 9.76. The third-order valence-corrected chi connectivity index (χ3v) is 1.92. The van der Waals surface area contributed by atoms with Gasteiger partial charge in [-0.2, -0.15) is 13.2 Å². The molecule has 4 N–H and O–H groups in total. The predicted molar refractivity (Wildman–Crippen MR) is 49.8 cm³/mol. The zero-order chi connectivity index (χ0) is 12.5. The van der Waals surface area contributed by atoms with Gasteiger partial charge in [0.05, 0.1) is 5.56 Å². The summed E-state index contributed by atoms with van der Waals surface area (Å²) in [4.78, 5) is 10.8. The van der Waals surface area contributed by atoms with Crippen molar-refractivity contribution in [3.05, 3.63) is 29.3 Å². The van der Waals surface area contributed by atoms with Gasteiger partial charge in [-0.15, -0.1) is 0 Å². The Morgan fingerprint density at radius 2 is 1.88 bits per heavy atom. The van der Waals surface area contributed by atoms with Gasteiger partial charge in [-0.25, -0.2) is 0 Å². The molecule has 0 saturated heterocycles. The fraction of sp³-hybridized carbons (Fsp3) is 0.125. The normalized spacial score (nSPS) is 11.3. The highest BCUT2D eigenvalue weighted by atomic mass is 19.4. The van der Waals surface area contributed by atoms with Crippen LogP contribution in [-0.4, -0.2) is 23.1 Å². The second-order valence-corrected chi connectivity index (χ2v) is 3.04. The van der Waals surface area contributed by atoms with E-state index in [4.69, 9.17) is 15.8 Å². The zero-order valence-electron chi connectivity index (χ0n) is 7.82. The maximum absolute atomic E-state index is 12.3. The average molecular weight is 233 g/mol. The van der Waals surface area contributed by atoms with Crippen LogP contribution in [0.1, 0.15) is 15.9 Å². The molecule has 1 rings (SSSR count). The molecule has 0 aliphatic heterocycles. The van der Waals surface area contributed by atoms with Crippen LogP contribution in [0.5, 0.6) is 0 Å². The first-order chi connectivity index (χ1) is 7.23. The molecule has 0 aromatic heterocycles. The number of nitrogens with two attached hydrogens (primary N) is 1. The van der Waals surface area contributed by atoms with Crippen molar-refractivity contribution < 1.29 is 28.0 Å². The van der Waals surface area contributed by atoms with Gasteiger partial charge in [0.2, 0.25) is 5.91 Å². The number of amides is 1. The summed E-state index contributed by atoms with van der Waals surface area (Å²) in [5, 5.41) is 17.6.